The Morgan fingerprint density at radius 1 is 1.05 bits per heavy atom. The fourth-order valence-corrected chi connectivity index (χ4v) is 6.20. The van der Waals surface area contributed by atoms with Crippen molar-refractivity contribution in [2.45, 2.75) is 146 Å². The number of aliphatic hydroxyl groups is 3. The van der Waals surface area contributed by atoms with Gasteiger partial charge in [-0.3, -0.25) is 4.79 Å². The quantitative estimate of drug-likeness (QED) is 0.273. The largest absolute Gasteiger partial charge is 0.459 e. The average Bonchev–Trinajstić information content (AvgIpc) is 2.88. The summed E-state index contributed by atoms with van der Waals surface area (Å²) >= 11 is 0. The van der Waals surface area contributed by atoms with Crippen LogP contribution in [0.4, 0.5) is 0 Å². The maximum absolute atomic E-state index is 13.2. The Morgan fingerprint density at radius 3 is 2.44 bits per heavy atom. The van der Waals surface area contributed by atoms with Crippen molar-refractivity contribution < 1.29 is 48.5 Å². The Morgan fingerprint density at radius 2 is 1.76 bits per heavy atom. The van der Waals surface area contributed by atoms with E-state index in [1.165, 1.54) is 14.2 Å². The highest BCUT2D eigenvalue weighted by atomic mass is 16.7. The van der Waals surface area contributed by atoms with E-state index < -0.39 is 66.4 Å². The van der Waals surface area contributed by atoms with Crippen LogP contribution < -0.4 is 0 Å². The predicted molar refractivity (Wildman–Crippen MR) is 152 cm³/mol. The van der Waals surface area contributed by atoms with E-state index in [2.05, 4.69) is 13.0 Å². The second-order valence-corrected chi connectivity index (χ2v) is 12.2. The Bertz CT molecular complexity index is 879. The molecule has 0 saturated carbocycles. The van der Waals surface area contributed by atoms with E-state index >= 15 is 0 Å². The van der Waals surface area contributed by atoms with Crippen molar-refractivity contribution in [3.63, 3.8) is 0 Å². The van der Waals surface area contributed by atoms with Gasteiger partial charge in [0.15, 0.2) is 12.1 Å². The zero-order chi connectivity index (χ0) is 30.2. The van der Waals surface area contributed by atoms with Gasteiger partial charge in [-0.2, -0.15) is 0 Å². The fraction of sp³-hybridized carbons (Fsp3) is 0.839. The number of methoxy groups -OCH3 is 2. The second kappa shape index (κ2) is 15.4. The number of allylic oxidation sites excluding steroid dienone is 4. The molecule has 0 aromatic carbocycles. The molecule has 3 heterocycles. The van der Waals surface area contributed by atoms with Gasteiger partial charge in [0, 0.05) is 33.5 Å². The number of esters is 1. The summed E-state index contributed by atoms with van der Waals surface area (Å²) in [6.07, 6.45) is 6.53. The normalized spacial score (nSPS) is 43.0. The van der Waals surface area contributed by atoms with Crippen LogP contribution in [0.1, 0.15) is 85.5 Å². The van der Waals surface area contributed by atoms with E-state index in [9.17, 15) is 20.1 Å². The minimum absolute atomic E-state index is 0.0223. The summed E-state index contributed by atoms with van der Waals surface area (Å²) in [5.41, 5.74) is -0.908. The van der Waals surface area contributed by atoms with Crippen LogP contribution in [0.15, 0.2) is 24.3 Å². The van der Waals surface area contributed by atoms with Crippen LogP contribution in [0.2, 0.25) is 0 Å². The summed E-state index contributed by atoms with van der Waals surface area (Å²) in [7, 11) is 2.97. The minimum Gasteiger partial charge on any atom is -0.459 e. The van der Waals surface area contributed by atoms with Crippen molar-refractivity contribution in [1.29, 1.82) is 0 Å². The molecule has 0 aliphatic carbocycles. The van der Waals surface area contributed by atoms with E-state index in [4.69, 9.17) is 28.4 Å². The molecule has 0 amide bonds. The molecule has 11 atom stereocenters. The third-order valence-corrected chi connectivity index (χ3v) is 8.56. The number of rotatable bonds is 9. The van der Waals surface area contributed by atoms with Gasteiger partial charge in [0.05, 0.1) is 30.8 Å². The third kappa shape index (κ3) is 9.56. The van der Waals surface area contributed by atoms with Crippen molar-refractivity contribution in [2.75, 3.05) is 14.2 Å². The van der Waals surface area contributed by atoms with Gasteiger partial charge in [-0.15, -0.1) is 0 Å². The maximum Gasteiger partial charge on any atom is 0.311 e. The highest BCUT2D eigenvalue weighted by molar-refractivity contribution is 5.71. The average molecular weight is 585 g/mol. The molecule has 0 aromatic heterocycles. The van der Waals surface area contributed by atoms with Gasteiger partial charge < -0.3 is 43.7 Å². The summed E-state index contributed by atoms with van der Waals surface area (Å²) in [5.74, 6) is -2.47. The van der Waals surface area contributed by atoms with Crippen molar-refractivity contribution >= 4 is 5.97 Å². The van der Waals surface area contributed by atoms with Crippen LogP contribution in [0, 0.1) is 5.92 Å². The number of hydrogen-bond donors (Lipinski definition) is 3. The van der Waals surface area contributed by atoms with Gasteiger partial charge in [0.1, 0.15) is 23.9 Å². The van der Waals surface area contributed by atoms with Gasteiger partial charge in [-0.1, -0.05) is 38.2 Å². The van der Waals surface area contributed by atoms with Crippen LogP contribution in [0.25, 0.3) is 0 Å². The standard InChI is InChI=1S/C31H52O10/c1-7-8-9-10-11-12-15-30(4)18-24(32)20(2)13-14-22-16-23(17-31(35,40-22)19-25(33)41-30)39-29-28(37-6)26(34)27(36-5)21(3)38-29/h8-11,20-24,26-29,32,34-35H,7,12-19H2,1-6H3/b9-8+,11-10+/t20-,21+,22?,23?,24+,26-,27+,28-,29+,30-,31+/m0/s1. The van der Waals surface area contributed by atoms with Gasteiger partial charge in [0.25, 0.3) is 0 Å². The first-order chi connectivity index (χ1) is 19.4. The number of aliphatic hydroxyl groups excluding tert-OH is 2. The highest BCUT2D eigenvalue weighted by Crippen LogP contribution is 2.38. The molecule has 10 nitrogen and oxygen atoms in total. The number of fused-ring (bicyclic) bond motifs is 2. The predicted octanol–water partition coefficient (Wildman–Crippen LogP) is 3.55. The molecule has 10 heteroatoms. The monoisotopic (exact) mass is 584 g/mol. The highest BCUT2D eigenvalue weighted by Gasteiger charge is 2.49. The lowest BCUT2D eigenvalue weighted by Gasteiger charge is -2.46. The zero-order valence-corrected chi connectivity index (χ0v) is 25.6. The maximum atomic E-state index is 13.2. The van der Waals surface area contributed by atoms with Crippen LogP contribution in [-0.2, 0) is 33.2 Å². The van der Waals surface area contributed by atoms with Crippen LogP contribution >= 0.6 is 0 Å². The molecule has 3 rings (SSSR count). The number of cyclic esters (lactones) is 1. The van der Waals surface area contributed by atoms with Gasteiger partial charge in [-0.05, 0) is 51.9 Å². The summed E-state index contributed by atoms with van der Waals surface area (Å²) < 4.78 is 35.3. The molecule has 0 radical (unpaired) electrons. The number of carbonyl (C=O) groups excluding carboxylic acids is 1. The van der Waals surface area contributed by atoms with E-state index in [0.29, 0.717) is 38.5 Å². The first-order valence-electron chi connectivity index (χ1n) is 15.1. The van der Waals surface area contributed by atoms with Crippen molar-refractivity contribution in [3.05, 3.63) is 24.3 Å². The van der Waals surface area contributed by atoms with E-state index in [1.54, 1.807) is 6.92 Å². The van der Waals surface area contributed by atoms with Gasteiger partial charge >= 0.3 is 5.97 Å². The first-order valence-corrected chi connectivity index (χ1v) is 15.1. The lowest BCUT2D eigenvalue weighted by molar-refractivity contribution is -0.337. The molecule has 3 aliphatic rings. The Balaban J connectivity index is 1.75. The molecule has 3 saturated heterocycles. The zero-order valence-electron chi connectivity index (χ0n) is 25.6. The first kappa shape index (κ1) is 34.1. The van der Waals surface area contributed by atoms with Crippen LogP contribution in [0.3, 0.4) is 0 Å². The molecular weight excluding hydrogens is 532 g/mol. The molecule has 0 spiro atoms. The lowest BCUT2D eigenvalue weighted by Crippen LogP contribution is -2.60. The Kier molecular flexibility index (Phi) is 12.8. The van der Waals surface area contributed by atoms with Crippen molar-refractivity contribution in [2.24, 2.45) is 5.92 Å². The van der Waals surface area contributed by atoms with E-state index in [0.717, 1.165) is 6.42 Å². The molecule has 2 bridgehead atoms. The van der Waals surface area contributed by atoms with Crippen LogP contribution in [-0.4, -0.2) is 95.9 Å². The Labute approximate surface area is 245 Å². The van der Waals surface area contributed by atoms with Crippen molar-refractivity contribution in [3.8, 4) is 0 Å². The third-order valence-electron chi connectivity index (χ3n) is 8.56. The molecular formula is C31H52O10. The molecule has 41 heavy (non-hydrogen) atoms. The lowest BCUT2D eigenvalue weighted by atomic mass is 9.84. The topological polar surface area (TPSA) is 133 Å². The fourth-order valence-electron chi connectivity index (χ4n) is 6.20. The molecule has 3 fully saturated rings. The van der Waals surface area contributed by atoms with E-state index in [-0.39, 0.29) is 18.8 Å². The molecule has 0 aromatic rings. The summed E-state index contributed by atoms with van der Waals surface area (Å²) in [6, 6.07) is 0. The molecule has 3 N–H and O–H groups in total. The SMILES string of the molecule is CC/C=C/C=C/CC[C@@]1(C)C[C@@H](O)[C@@H](C)CCC2CC(O[C@H]3O[C@H](C)[C@@H](OC)[C@H](O)[C@@H]3OC)C[C@](O)(CC(=O)O1)O2. The number of hydrogen-bond acceptors (Lipinski definition) is 10. The molecule has 3 aliphatic heterocycles. The number of ether oxygens (including phenoxy) is 6. The summed E-state index contributed by atoms with van der Waals surface area (Å²) in [5, 5.41) is 33.4. The molecule has 236 valence electrons. The van der Waals surface area contributed by atoms with Gasteiger partial charge in [0.2, 0.25) is 0 Å². The minimum atomic E-state index is -1.80. The van der Waals surface area contributed by atoms with Gasteiger partial charge in [-0.25, -0.2) is 0 Å². The summed E-state index contributed by atoms with van der Waals surface area (Å²) in [6.45, 7) is 7.68. The number of carbonyl (C=O) groups is 1. The Hall–Kier alpha value is -1.37. The van der Waals surface area contributed by atoms with E-state index in [1.807, 2.05) is 32.1 Å². The summed E-state index contributed by atoms with van der Waals surface area (Å²) in [4.78, 5) is 13.2. The molecule has 2 unspecified atom stereocenters. The van der Waals surface area contributed by atoms with Crippen molar-refractivity contribution in [1.82, 2.24) is 0 Å². The second-order valence-electron chi connectivity index (χ2n) is 12.2. The van der Waals surface area contributed by atoms with Crippen LogP contribution in [0.5, 0.6) is 0 Å². The smallest absolute Gasteiger partial charge is 0.311 e.